The number of halogens is 3. The maximum absolute atomic E-state index is 12.8. The molecule has 2 aliphatic rings. The van der Waals surface area contributed by atoms with Crippen LogP contribution in [0.3, 0.4) is 0 Å². The molecule has 4 rings (SSSR count). The van der Waals surface area contributed by atoms with Crippen molar-refractivity contribution in [3.05, 3.63) is 59.2 Å². The van der Waals surface area contributed by atoms with Gasteiger partial charge in [0.2, 0.25) is 11.8 Å². The SMILES string of the molecule is O=C1CCC(N2Cc3cc(CN(S)C(=O)Nc4ccc(SC(F)(F)F)cc4)ccc3C2=O)C(=O)N1. The van der Waals surface area contributed by atoms with Gasteiger partial charge in [0.05, 0.1) is 6.54 Å². The van der Waals surface area contributed by atoms with Gasteiger partial charge < -0.3 is 10.2 Å². The number of nitrogens with zero attached hydrogens (tertiary/aromatic N) is 2. The Bertz CT molecular complexity index is 1190. The first-order valence-electron chi connectivity index (χ1n) is 10.4. The number of thiol groups is 1. The highest BCUT2D eigenvalue weighted by Crippen LogP contribution is 2.37. The predicted molar refractivity (Wildman–Crippen MR) is 124 cm³/mol. The molecule has 1 saturated heterocycles. The number of rotatable bonds is 5. The Morgan fingerprint density at radius 1 is 1.17 bits per heavy atom. The smallest absolute Gasteiger partial charge is 0.322 e. The molecule has 184 valence electrons. The van der Waals surface area contributed by atoms with E-state index in [4.69, 9.17) is 0 Å². The number of thioether (sulfide) groups is 1. The number of benzene rings is 2. The van der Waals surface area contributed by atoms with E-state index in [0.717, 1.165) is 4.31 Å². The van der Waals surface area contributed by atoms with Crippen molar-refractivity contribution >= 4 is 54.0 Å². The van der Waals surface area contributed by atoms with Crippen LogP contribution >= 0.6 is 24.6 Å². The standard InChI is InChI=1S/C22H19F3N4O4S2/c23-22(24,25)35-15-4-2-14(3-5-15)26-21(33)29(34)10-12-1-6-16-13(9-12)11-28(20(16)32)17-7-8-18(30)27-19(17)31/h1-6,9,17,34H,7-8,10-11H2,(H,26,33)(H,27,30,31). The lowest BCUT2D eigenvalue weighted by atomic mass is 10.0. The number of anilines is 1. The van der Waals surface area contributed by atoms with Crippen molar-refractivity contribution < 1.29 is 32.3 Å². The highest BCUT2D eigenvalue weighted by atomic mass is 32.2. The Labute approximate surface area is 207 Å². The first-order valence-corrected chi connectivity index (χ1v) is 11.6. The third kappa shape index (κ3) is 5.90. The number of carbonyl (C=O) groups is 4. The zero-order valence-electron chi connectivity index (χ0n) is 18.0. The molecule has 1 fully saturated rings. The molecule has 2 aliphatic heterocycles. The van der Waals surface area contributed by atoms with E-state index in [9.17, 15) is 32.3 Å². The molecule has 2 N–H and O–H groups in total. The molecule has 35 heavy (non-hydrogen) atoms. The Morgan fingerprint density at radius 2 is 1.89 bits per heavy atom. The quantitative estimate of drug-likeness (QED) is 0.313. The van der Waals surface area contributed by atoms with Crippen molar-refractivity contribution in [2.24, 2.45) is 0 Å². The van der Waals surface area contributed by atoms with E-state index in [1.54, 1.807) is 18.2 Å². The lowest BCUT2D eigenvalue weighted by molar-refractivity contribution is -0.136. The molecule has 0 spiro atoms. The largest absolute Gasteiger partial charge is 0.446 e. The van der Waals surface area contributed by atoms with Crippen molar-refractivity contribution in [3.63, 3.8) is 0 Å². The first kappa shape index (κ1) is 24.9. The maximum atomic E-state index is 12.8. The molecular formula is C22H19F3N4O4S2. The van der Waals surface area contributed by atoms with Crippen LogP contribution < -0.4 is 10.6 Å². The van der Waals surface area contributed by atoms with E-state index in [2.05, 4.69) is 23.4 Å². The lowest BCUT2D eigenvalue weighted by Gasteiger charge is -2.29. The van der Waals surface area contributed by atoms with Gasteiger partial charge >= 0.3 is 11.5 Å². The molecule has 5 amide bonds. The number of imide groups is 1. The third-order valence-electron chi connectivity index (χ3n) is 5.49. The summed E-state index contributed by atoms with van der Waals surface area (Å²) in [5.74, 6) is -1.15. The van der Waals surface area contributed by atoms with Gasteiger partial charge in [0.1, 0.15) is 6.04 Å². The minimum absolute atomic E-state index is 0.00253. The first-order chi connectivity index (χ1) is 16.5. The summed E-state index contributed by atoms with van der Waals surface area (Å²) >= 11 is 3.95. The van der Waals surface area contributed by atoms with Crippen molar-refractivity contribution in [3.8, 4) is 0 Å². The Balaban J connectivity index is 1.37. The van der Waals surface area contributed by atoms with Crippen LogP contribution in [0.4, 0.5) is 23.7 Å². The van der Waals surface area contributed by atoms with Gasteiger partial charge in [-0.25, -0.2) is 4.79 Å². The summed E-state index contributed by atoms with van der Waals surface area (Å²) in [6.45, 7) is 0.284. The molecule has 2 aromatic rings. The predicted octanol–water partition coefficient (Wildman–Crippen LogP) is 3.94. The molecule has 0 radical (unpaired) electrons. The summed E-state index contributed by atoms with van der Waals surface area (Å²) < 4.78 is 38.4. The molecule has 13 heteroatoms. The molecule has 2 aromatic carbocycles. The molecule has 2 heterocycles. The second-order valence-electron chi connectivity index (χ2n) is 7.95. The van der Waals surface area contributed by atoms with Gasteiger partial charge in [-0.2, -0.15) is 13.2 Å². The molecule has 0 aromatic heterocycles. The molecule has 0 aliphatic carbocycles. The Hall–Kier alpha value is -3.19. The number of nitrogens with one attached hydrogen (secondary N) is 2. The maximum Gasteiger partial charge on any atom is 0.446 e. The van der Waals surface area contributed by atoms with Crippen LogP contribution in [0.15, 0.2) is 47.4 Å². The number of urea groups is 1. The van der Waals surface area contributed by atoms with E-state index < -0.39 is 23.5 Å². The monoisotopic (exact) mass is 524 g/mol. The van der Waals surface area contributed by atoms with Crippen LogP contribution in [0.25, 0.3) is 0 Å². The zero-order valence-corrected chi connectivity index (χ0v) is 19.7. The average Bonchev–Trinajstić information content (AvgIpc) is 3.09. The molecule has 1 unspecified atom stereocenters. The Morgan fingerprint density at radius 3 is 2.54 bits per heavy atom. The van der Waals surface area contributed by atoms with Crippen molar-refractivity contribution in [2.45, 2.75) is 42.4 Å². The Kier molecular flexibility index (Phi) is 6.99. The number of carbonyl (C=O) groups excluding carboxylic acids is 4. The van der Waals surface area contributed by atoms with Gasteiger partial charge in [0.15, 0.2) is 0 Å². The van der Waals surface area contributed by atoms with Crippen molar-refractivity contribution in [1.29, 1.82) is 0 Å². The zero-order chi connectivity index (χ0) is 25.3. The molecule has 0 saturated carbocycles. The van der Waals surface area contributed by atoms with E-state index >= 15 is 0 Å². The van der Waals surface area contributed by atoms with E-state index in [0.29, 0.717) is 22.4 Å². The fraction of sp³-hybridized carbons (Fsp3) is 0.273. The minimum Gasteiger partial charge on any atom is -0.322 e. The summed E-state index contributed by atoms with van der Waals surface area (Å²) in [7, 11) is 0. The van der Waals surface area contributed by atoms with Crippen LogP contribution in [0.2, 0.25) is 0 Å². The summed E-state index contributed by atoms with van der Waals surface area (Å²) in [6, 6.07) is 8.95. The average molecular weight is 525 g/mol. The number of fused-ring (bicyclic) bond motifs is 1. The summed E-state index contributed by atoms with van der Waals surface area (Å²) in [5, 5.41) is 4.81. The number of alkyl halides is 3. The summed E-state index contributed by atoms with van der Waals surface area (Å²) in [5.41, 5.74) is -2.27. The molecule has 1 atom stereocenters. The van der Waals surface area contributed by atoms with Gasteiger partial charge in [-0.3, -0.25) is 24.0 Å². The topological polar surface area (TPSA) is 98.8 Å². The van der Waals surface area contributed by atoms with Crippen molar-refractivity contribution in [1.82, 2.24) is 14.5 Å². The van der Waals surface area contributed by atoms with Crippen LogP contribution in [-0.2, 0) is 22.7 Å². The fourth-order valence-electron chi connectivity index (χ4n) is 3.90. The summed E-state index contributed by atoms with van der Waals surface area (Å²) in [4.78, 5) is 50.2. The van der Waals surface area contributed by atoms with Gasteiger partial charge in [-0.15, -0.1) is 0 Å². The van der Waals surface area contributed by atoms with Gasteiger partial charge in [0, 0.05) is 29.1 Å². The minimum atomic E-state index is -4.40. The van der Waals surface area contributed by atoms with Gasteiger partial charge in [-0.05, 0) is 59.6 Å². The number of piperidine rings is 1. The highest BCUT2D eigenvalue weighted by Gasteiger charge is 2.39. The number of amides is 5. The van der Waals surface area contributed by atoms with Crippen LogP contribution in [-0.4, -0.2) is 44.5 Å². The number of hydrogen-bond donors (Lipinski definition) is 3. The van der Waals surface area contributed by atoms with E-state index in [-0.39, 0.29) is 54.4 Å². The van der Waals surface area contributed by atoms with Crippen LogP contribution in [0.5, 0.6) is 0 Å². The fourth-order valence-corrected chi connectivity index (χ4v) is 4.65. The highest BCUT2D eigenvalue weighted by molar-refractivity contribution is 8.00. The second-order valence-corrected chi connectivity index (χ2v) is 9.57. The second kappa shape index (κ2) is 9.82. The van der Waals surface area contributed by atoms with Crippen LogP contribution in [0.1, 0.15) is 34.3 Å². The van der Waals surface area contributed by atoms with E-state index in [1.165, 1.54) is 29.2 Å². The number of hydrogen-bond acceptors (Lipinski definition) is 6. The van der Waals surface area contributed by atoms with Crippen molar-refractivity contribution in [2.75, 3.05) is 5.32 Å². The van der Waals surface area contributed by atoms with Gasteiger partial charge in [-0.1, -0.05) is 24.9 Å². The van der Waals surface area contributed by atoms with Crippen LogP contribution in [0, 0.1) is 0 Å². The lowest BCUT2D eigenvalue weighted by Crippen LogP contribution is -2.52. The normalized spacial score (nSPS) is 17.8. The molecular weight excluding hydrogens is 505 g/mol. The molecule has 8 nitrogen and oxygen atoms in total. The molecule has 0 bridgehead atoms. The van der Waals surface area contributed by atoms with E-state index in [1.807, 2.05) is 0 Å². The van der Waals surface area contributed by atoms with Gasteiger partial charge in [0.25, 0.3) is 5.91 Å². The third-order valence-corrected chi connectivity index (χ3v) is 6.56. The summed E-state index contributed by atoms with van der Waals surface area (Å²) in [6.07, 6.45) is 0.424.